The molecule has 0 atom stereocenters. The number of carboxylic acid groups (broad SMARTS) is 1. The molecule has 0 amide bonds. The second kappa shape index (κ2) is 3.98. The number of aliphatic imine (C=N–C) groups is 1. The zero-order valence-corrected chi connectivity index (χ0v) is 10.1. The third-order valence-corrected chi connectivity index (χ3v) is 3.39. The smallest absolute Gasteiger partial charge is 0.0635 e. The molecule has 0 aliphatic carbocycles. The predicted octanol–water partition coefficient (Wildman–Crippen LogP) is 0.825. The molecule has 92 valence electrons. The number of fused-ring (bicyclic) bond motifs is 3. The van der Waals surface area contributed by atoms with Gasteiger partial charge in [0.05, 0.1) is 11.4 Å². The normalized spacial score (nSPS) is 14.4. The first kappa shape index (κ1) is 11.0. The molecule has 4 nitrogen and oxygen atoms in total. The molecular weight excluding hydrogens is 228 g/mol. The summed E-state index contributed by atoms with van der Waals surface area (Å²) in [6, 6.07) is 5.73. The van der Waals surface area contributed by atoms with Crippen molar-refractivity contribution in [1.29, 1.82) is 0 Å². The summed E-state index contributed by atoms with van der Waals surface area (Å²) in [6.07, 6.45) is 0.888. The highest BCUT2D eigenvalue weighted by atomic mass is 16.4. The first-order valence-corrected chi connectivity index (χ1v) is 6.00. The van der Waals surface area contributed by atoms with Gasteiger partial charge >= 0.3 is 0 Å². The molecule has 1 aromatic carbocycles. The van der Waals surface area contributed by atoms with E-state index in [1.807, 2.05) is 25.1 Å². The Balaban J connectivity index is 2.14. The summed E-state index contributed by atoms with van der Waals surface area (Å²) >= 11 is 0. The lowest BCUT2D eigenvalue weighted by Crippen LogP contribution is -2.24. The molecule has 0 bridgehead atoms. The van der Waals surface area contributed by atoms with Crippen molar-refractivity contribution in [2.24, 2.45) is 4.99 Å². The number of aliphatic carboxylic acids is 1. The molecule has 1 aliphatic rings. The van der Waals surface area contributed by atoms with Gasteiger partial charge in [0.2, 0.25) is 0 Å². The molecular formula is C14H13N2O2-. The average Bonchev–Trinajstić information content (AvgIpc) is 2.67. The summed E-state index contributed by atoms with van der Waals surface area (Å²) in [6.45, 7) is 2.82. The monoisotopic (exact) mass is 241 g/mol. The third-order valence-electron chi connectivity index (χ3n) is 3.39. The van der Waals surface area contributed by atoms with Gasteiger partial charge in [-0.3, -0.25) is 4.99 Å². The Labute approximate surface area is 104 Å². The summed E-state index contributed by atoms with van der Waals surface area (Å²) < 4.78 is 0. The molecule has 0 fully saturated rings. The fraction of sp³-hybridized carbons (Fsp3) is 0.286. The van der Waals surface area contributed by atoms with Crippen molar-refractivity contribution in [2.45, 2.75) is 19.8 Å². The van der Waals surface area contributed by atoms with Crippen molar-refractivity contribution in [3.05, 3.63) is 35.0 Å². The van der Waals surface area contributed by atoms with Crippen molar-refractivity contribution < 1.29 is 9.90 Å². The Morgan fingerprint density at radius 3 is 3.11 bits per heavy atom. The number of rotatable bonds is 2. The van der Waals surface area contributed by atoms with E-state index in [-0.39, 0.29) is 6.42 Å². The molecule has 2 aromatic rings. The molecule has 1 aromatic heterocycles. The number of aromatic amines is 1. The maximum Gasteiger partial charge on any atom is 0.0635 e. The van der Waals surface area contributed by atoms with Crippen LogP contribution >= 0.6 is 0 Å². The number of nitrogens with one attached hydrogen (secondary N) is 1. The van der Waals surface area contributed by atoms with Crippen LogP contribution in [-0.4, -0.2) is 23.2 Å². The van der Waals surface area contributed by atoms with Crippen LogP contribution in [0.15, 0.2) is 23.2 Å². The number of carbonyl (C=O) groups is 1. The minimum atomic E-state index is -1.05. The maximum absolute atomic E-state index is 10.6. The van der Waals surface area contributed by atoms with Gasteiger partial charge in [0.1, 0.15) is 0 Å². The van der Waals surface area contributed by atoms with Crippen molar-refractivity contribution >= 4 is 22.6 Å². The molecule has 1 aliphatic heterocycles. The quantitative estimate of drug-likeness (QED) is 0.846. The van der Waals surface area contributed by atoms with Gasteiger partial charge < -0.3 is 14.9 Å². The zero-order chi connectivity index (χ0) is 12.7. The topological polar surface area (TPSA) is 68.3 Å². The summed E-state index contributed by atoms with van der Waals surface area (Å²) in [5, 5.41) is 11.8. The van der Waals surface area contributed by atoms with Crippen molar-refractivity contribution in [2.75, 3.05) is 6.54 Å². The van der Waals surface area contributed by atoms with Crippen LogP contribution in [0.4, 0.5) is 0 Å². The lowest BCUT2D eigenvalue weighted by Gasteiger charge is -2.09. The first-order chi connectivity index (χ1) is 8.65. The third kappa shape index (κ3) is 1.70. The van der Waals surface area contributed by atoms with Crippen LogP contribution in [-0.2, 0) is 17.6 Å². The Bertz CT molecular complexity index is 668. The van der Waals surface area contributed by atoms with E-state index >= 15 is 0 Å². The van der Waals surface area contributed by atoms with Gasteiger partial charge in [-0.15, -0.1) is 0 Å². The van der Waals surface area contributed by atoms with Crippen molar-refractivity contribution in [3.8, 4) is 0 Å². The van der Waals surface area contributed by atoms with Crippen LogP contribution < -0.4 is 5.11 Å². The second-order valence-corrected chi connectivity index (χ2v) is 4.62. The molecule has 2 heterocycles. The summed E-state index contributed by atoms with van der Waals surface area (Å²) in [5.41, 5.74) is 5.14. The largest absolute Gasteiger partial charge is 0.550 e. The molecule has 0 saturated carbocycles. The van der Waals surface area contributed by atoms with Crippen LogP contribution in [0.2, 0.25) is 0 Å². The fourth-order valence-electron chi connectivity index (χ4n) is 2.56. The first-order valence-electron chi connectivity index (χ1n) is 6.00. The van der Waals surface area contributed by atoms with E-state index in [9.17, 15) is 9.90 Å². The highest BCUT2D eigenvalue weighted by molar-refractivity contribution is 6.05. The number of carbonyl (C=O) groups excluding carboxylic acids is 1. The van der Waals surface area contributed by atoms with E-state index in [4.69, 9.17) is 0 Å². The number of hydrogen-bond acceptors (Lipinski definition) is 3. The fourth-order valence-corrected chi connectivity index (χ4v) is 2.56. The molecule has 18 heavy (non-hydrogen) atoms. The number of hydrogen-bond donors (Lipinski definition) is 1. The van der Waals surface area contributed by atoms with Crippen LogP contribution in [0.1, 0.15) is 23.7 Å². The Morgan fingerprint density at radius 2 is 2.33 bits per heavy atom. The SMILES string of the molecule is CC1=NCCc2c1[nH]c1cc(CC(=O)[O-])ccc21. The van der Waals surface area contributed by atoms with Crippen LogP contribution in [0.25, 0.3) is 10.9 Å². The highest BCUT2D eigenvalue weighted by Gasteiger charge is 2.16. The Kier molecular flexibility index (Phi) is 2.44. The number of carboxylic acids is 1. The standard InChI is InChI=1S/C14H14N2O2/c1-8-14-11(4-5-15-8)10-3-2-9(7-13(17)18)6-12(10)16-14/h2-3,6,16H,4-5,7H2,1H3,(H,17,18)/p-1. The molecule has 0 radical (unpaired) electrons. The Morgan fingerprint density at radius 1 is 1.50 bits per heavy atom. The van der Waals surface area contributed by atoms with Gasteiger partial charge in [0.15, 0.2) is 0 Å². The lowest BCUT2D eigenvalue weighted by molar-refractivity contribution is -0.304. The van der Waals surface area contributed by atoms with E-state index in [0.29, 0.717) is 0 Å². The van der Waals surface area contributed by atoms with Gasteiger partial charge in [-0.25, -0.2) is 0 Å². The van der Waals surface area contributed by atoms with Gasteiger partial charge in [-0.1, -0.05) is 12.1 Å². The minimum Gasteiger partial charge on any atom is -0.550 e. The van der Waals surface area contributed by atoms with E-state index in [1.165, 1.54) is 10.9 Å². The second-order valence-electron chi connectivity index (χ2n) is 4.62. The average molecular weight is 241 g/mol. The number of nitrogens with zero attached hydrogens (tertiary/aromatic N) is 1. The summed E-state index contributed by atoms with van der Waals surface area (Å²) in [4.78, 5) is 18.4. The lowest BCUT2D eigenvalue weighted by atomic mass is 10.0. The van der Waals surface area contributed by atoms with E-state index in [2.05, 4.69) is 9.98 Å². The molecule has 0 unspecified atom stereocenters. The molecule has 1 N–H and O–H groups in total. The Hall–Kier alpha value is -2.10. The van der Waals surface area contributed by atoms with E-state index < -0.39 is 5.97 Å². The predicted molar refractivity (Wildman–Crippen MR) is 67.8 cm³/mol. The number of benzene rings is 1. The van der Waals surface area contributed by atoms with E-state index in [0.717, 1.165) is 35.5 Å². The van der Waals surface area contributed by atoms with Crippen LogP contribution in [0.3, 0.4) is 0 Å². The van der Waals surface area contributed by atoms with E-state index in [1.54, 1.807) is 0 Å². The van der Waals surface area contributed by atoms with Crippen LogP contribution in [0.5, 0.6) is 0 Å². The van der Waals surface area contributed by atoms with Crippen molar-refractivity contribution in [1.82, 2.24) is 4.98 Å². The van der Waals surface area contributed by atoms with Gasteiger partial charge in [-0.2, -0.15) is 0 Å². The maximum atomic E-state index is 10.6. The zero-order valence-electron chi connectivity index (χ0n) is 10.1. The summed E-state index contributed by atoms with van der Waals surface area (Å²) in [5.74, 6) is -1.05. The molecule has 3 rings (SSSR count). The van der Waals surface area contributed by atoms with Gasteiger partial charge in [-0.05, 0) is 30.5 Å². The minimum absolute atomic E-state index is 0.0489. The van der Waals surface area contributed by atoms with Crippen molar-refractivity contribution in [3.63, 3.8) is 0 Å². The molecule has 0 spiro atoms. The number of aromatic nitrogens is 1. The number of H-pyrrole nitrogens is 1. The van der Waals surface area contributed by atoms with Crippen LogP contribution in [0, 0.1) is 0 Å². The highest BCUT2D eigenvalue weighted by Crippen LogP contribution is 2.27. The molecule has 0 saturated heterocycles. The van der Waals surface area contributed by atoms with Gasteiger partial charge in [0.25, 0.3) is 0 Å². The summed E-state index contributed by atoms with van der Waals surface area (Å²) in [7, 11) is 0. The molecule has 4 heteroatoms. The van der Waals surface area contributed by atoms with Gasteiger partial charge in [0, 0.05) is 29.8 Å².